The zero-order valence-electron chi connectivity index (χ0n) is 6.42. The van der Waals surface area contributed by atoms with E-state index in [-0.39, 0.29) is 5.41 Å². The highest BCUT2D eigenvalue weighted by Gasteiger charge is 2.18. The van der Waals surface area contributed by atoms with E-state index >= 15 is 0 Å². The molecule has 1 rings (SSSR count). The first kappa shape index (κ1) is 7.13. The van der Waals surface area contributed by atoms with E-state index in [1.165, 1.54) is 0 Å². The quantitative estimate of drug-likeness (QED) is 0.570. The molecule has 0 aliphatic heterocycles. The van der Waals surface area contributed by atoms with Crippen LogP contribution >= 0.6 is 0 Å². The van der Waals surface area contributed by atoms with Crippen LogP contribution in [0.4, 0.5) is 0 Å². The molecule has 0 saturated heterocycles. The Morgan fingerprint density at radius 1 is 1.60 bits per heavy atom. The molecule has 0 aliphatic carbocycles. The monoisotopic (exact) mass is 136 g/mol. The molecule has 0 radical (unpaired) electrons. The zero-order chi connectivity index (χ0) is 7.61. The Balaban J connectivity index is 2.95. The Bertz CT molecular complexity index is 207. The van der Waals surface area contributed by atoms with Gasteiger partial charge in [0.2, 0.25) is 0 Å². The van der Waals surface area contributed by atoms with Gasteiger partial charge in [-0.15, -0.1) is 6.58 Å². The van der Waals surface area contributed by atoms with E-state index in [1.54, 1.807) is 6.26 Å². The molecule has 0 spiro atoms. The van der Waals surface area contributed by atoms with Gasteiger partial charge in [-0.25, -0.2) is 0 Å². The summed E-state index contributed by atoms with van der Waals surface area (Å²) < 4.78 is 5.22. The van der Waals surface area contributed by atoms with Gasteiger partial charge < -0.3 is 4.42 Å². The van der Waals surface area contributed by atoms with Gasteiger partial charge in [-0.2, -0.15) is 0 Å². The molecule has 0 N–H and O–H groups in total. The molecule has 0 fully saturated rings. The second-order valence-electron chi connectivity index (χ2n) is 2.90. The van der Waals surface area contributed by atoms with Gasteiger partial charge in [0, 0.05) is 5.41 Å². The average molecular weight is 136 g/mol. The van der Waals surface area contributed by atoms with E-state index in [4.69, 9.17) is 4.42 Å². The maximum absolute atomic E-state index is 5.22. The molecule has 1 nitrogen and oxygen atoms in total. The van der Waals surface area contributed by atoms with Crippen LogP contribution < -0.4 is 0 Å². The second kappa shape index (κ2) is 2.33. The highest BCUT2D eigenvalue weighted by Crippen LogP contribution is 2.23. The molecule has 54 valence electrons. The number of allylic oxidation sites excluding steroid dienone is 1. The molecule has 10 heavy (non-hydrogen) atoms. The summed E-state index contributed by atoms with van der Waals surface area (Å²) in [5.41, 5.74) is -0.0382. The zero-order valence-corrected chi connectivity index (χ0v) is 6.42. The van der Waals surface area contributed by atoms with Gasteiger partial charge in [0.15, 0.2) is 0 Å². The smallest absolute Gasteiger partial charge is 0.113 e. The molecule has 0 aliphatic rings. The maximum atomic E-state index is 5.22. The largest absolute Gasteiger partial charge is 0.468 e. The molecule has 0 amide bonds. The van der Waals surface area contributed by atoms with Crippen molar-refractivity contribution in [3.8, 4) is 0 Å². The van der Waals surface area contributed by atoms with Gasteiger partial charge in [0.05, 0.1) is 6.26 Å². The van der Waals surface area contributed by atoms with Crippen LogP contribution in [0, 0.1) is 0 Å². The summed E-state index contributed by atoms with van der Waals surface area (Å²) in [5.74, 6) is 0.961. The lowest BCUT2D eigenvalue weighted by atomic mass is 9.91. The standard InChI is InChI=1S/C9H12O/c1-4-9(2,3)8-6-5-7-10-8/h4-7H,1H2,2-3H3. The molecular weight excluding hydrogens is 124 g/mol. The Morgan fingerprint density at radius 3 is 2.70 bits per heavy atom. The van der Waals surface area contributed by atoms with Crippen LogP contribution in [0.15, 0.2) is 35.5 Å². The van der Waals surface area contributed by atoms with Crippen molar-refractivity contribution in [2.75, 3.05) is 0 Å². The lowest BCUT2D eigenvalue weighted by Gasteiger charge is -2.15. The Morgan fingerprint density at radius 2 is 2.30 bits per heavy atom. The normalized spacial score (nSPS) is 11.4. The number of furan rings is 1. The molecule has 0 bridgehead atoms. The fourth-order valence-corrected chi connectivity index (χ4v) is 0.746. The predicted octanol–water partition coefficient (Wildman–Crippen LogP) is 2.74. The average Bonchev–Trinajstić information content (AvgIpc) is 2.38. The van der Waals surface area contributed by atoms with E-state index in [2.05, 4.69) is 20.4 Å². The molecule has 1 aromatic rings. The number of hydrogen-bond acceptors (Lipinski definition) is 1. The molecule has 0 saturated carbocycles. The summed E-state index contributed by atoms with van der Waals surface area (Å²) in [6.07, 6.45) is 3.56. The van der Waals surface area contributed by atoms with Crippen molar-refractivity contribution in [2.45, 2.75) is 19.3 Å². The van der Waals surface area contributed by atoms with Gasteiger partial charge >= 0.3 is 0 Å². The van der Waals surface area contributed by atoms with Crippen LogP contribution in [-0.4, -0.2) is 0 Å². The van der Waals surface area contributed by atoms with Crippen LogP contribution in [0.5, 0.6) is 0 Å². The van der Waals surface area contributed by atoms with Crippen LogP contribution in [0.1, 0.15) is 19.6 Å². The fraction of sp³-hybridized carbons (Fsp3) is 0.333. The topological polar surface area (TPSA) is 13.1 Å². The lowest BCUT2D eigenvalue weighted by molar-refractivity contribution is 0.438. The SMILES string of the molecule is C=CC(C)(C)c1ccco1. The van der Waals surface area contributed by atoms with Gasteiger partial charge in [0.1, 0.15) is 5.76 Å². The minimum absolute atomic E-state index is 0.0382. The van der Waals surface area contributed by atoms with Crippen molar-refractivity contribution in [1.82, 2.24) is 0 Å². The summed E-state index contributed by atoms with van der Waals surface area (Å²) in [5, 5.41) is 0. The van der Waals surface area contributed by atoms with Gasteiger partial charge in [-0.05, 0) is 26.0 Å². The molecule has 1 heterocycles. The second-order valence-corrected chi connectivity index (χ2v) is 2.90. The van der Waals surface area contributed by atoms with Crippen molar-refractivity contribution in [2.24, 2.45) is 0 Å². The third-order valence-corrected chi connectivity index (χ3v) is 1.67. The minimum atomic E-state index is -0.0382. The fourth-order valence-electron chi connectivity index (χ4n) is 0.746. The van der Waals surface area contributed by atoms with Crippen molar-refractivity contribution >= 4 is 0 Å². The molecule has 0 atom stereocenters. The first-order valence-electron chi connectivity index (χ1n) is 3.34. The van der Waals surface area contributed by atoms with Gasteiger partial charge in [0.25, 0.3) is 0 Å². The van der Waals surface area contributed by atoms with Gasteiger partial charge in [-0.3, -0.25) is 0 Å². The van der Waals surface area contributed by atoms with E-state index in [1.807, 2.05) is 18.2 Å². The summed E-state index contributed by atoms with van der Waals surface area (Å²) in [6, 6.07) is 3.85. The van der Waals surface area contributed by atoms with E-state index in [0.29, 0.717) is 0 Å². The Kier molecular flexibility index (Phi) is 1.66. The summed E-state index contributed by atoms with van der Waals surface area (Å²) in [4.78, 5) is 0. The first-order chi connectivity index (χ1) is 4.67. The molecular formula is C9H12O. The Hall–Kier alpha value is -0.980. The minimum Gasteiger partial charge on any atom is -0.468 e. The van der Waals surface area contributed by atoms with Crippen molar-refractivity contribution in [3.05, 3.63) is 36.8 Å². The molecule has 1 heteroatoms. The predicted molar refractivity (Wildman–Crippen MR) is 41.9 cm³/mol. The number of rotatable bonds is 2. The third-order valence-electron chi connectivity index (χ3n) is 1.67. The molecule has 1 aromatic heterocycles. The summed E-state index contributed by atoms with van der Waals surface area (Å²) in [6.45, 7) is 7.86. The number of hydrogen-bond donors (Lipinski definition) is 0. The van der Waals surface area contributed by atoms with Gasteiger partial charge in [-0.1, -0.05) is 6.08 Å². The molecule has 0 aromatic carbocycles. The lowest BCUT2D eigenvalue weighted by Crippen LogP contribution is -2.10. The third kappa shape index (κ3) is 1.13. The Labute approximate surface area is 61.4 Å². The van der Waals surface area contributed by atoms with Crippen molar-refractivity contribution < 1.29 is 4.42 Å². The highest BCUT2D eigenvalue weighted by molar-refractivity contribution is 5.17. The van der Waals surface area contributed by atoms with E-state index in [0.717, 1.165) is 5.76 Å². The van der Waals surface area contributed by atoms with Crippen LogP contribution in [0.2, 0.25) is 0 Å². The van der Waals surface area contributed by atoms with Crippen LogP contribution in [0.3, 0.4) is 0 Å². The van der Waals surface area contributed by atoms with Crippen molar-refractivity contribution in [1.29, 1.82) is 0 Å². The molecule has 0 unspecified atom stereocenters. The van der Waals surface area contributed by atoms with Crippen molar-refractivity contribution in [3.63, 3.8) is 0 Å². The first-order valence-corrected chi connectivity index (χ1v) is 3.34. The van der Waals surface area contributed by atoms with E-state index in [9.17, 15) is 0 Å². The highest BCUT2D eigenvalue weighted by atomic mass is 16.3. The van der Waals surface area contributed by atoms with E-state index < -0.39 is 0 Å². The summed E-state index contributed by atoms with van der Waals surface area (Å²) in [7, 11) is 0. The van der Waals surface area contributed by atoms with Crippen LogP contribution in [-0.2, 0) is 5.41 Å². The van der Waals surface area contributed by atoms with Crippen LogP contribution in [0.25, 0.3) is 0 Å². The maximum Gasteiger partial charge on any atom is 0.113 e. The summed E-state index contributed by atoms with van der Waals surface area (Å²) >= 11 is 0.